The minimum absolute atomic E-state index is 0.0137. The van der Waals surface area contributed by atoms with Crippen LogP contribution in [0, 0.1) is 0 Å². The predicted molar refractivity (Wildman–Crippen MR) is 151 cm³/mol. The zero-order valence-corrected chi connectivity index (χ0v) is 22.5. The lowest BCUT2D eigenvalue weighted by Crippen LogP contribution is -2.58. The van der Waals surface area contributed by atoms with E-state index in [1.807, 2.05) is 24.3 Å². The van der Waals surface area contributed by atoms with Crippen LogP contribution in [0.15, 0.2) is 35.5 Å². The quantitative estimate of drug-likeness (QED) is 0.0434. The molecule has 0 fully saturated rings. The van der Waals surface area contributed by atoms with Crippen LogP contribution >= 0.6 is 12.6 Å². The van der Waals surface area contributed by atoms with Gasteiger partial charge in [0.25, 0.3) is 0 Å². The number of hydrogen-bond acceptors (Lipinski definition) is 8. The Morgan fingerprint density at radius 2 is 1.57 bits per heavy atom. The van der Waals surface area contributed by atoms with Crippen LogP contribution in [0.5, 0.6) is 0 Å². The SMILES string of the molecule is NC(=O)CC(NC(=O)C(N)Cc1c[nH]c2ccccc12)C(=O)NC(CS)C(=O)NC(CCCN=C(N)N)C(=O)O. The molecule has 0 saturated carbocycles. The van der Waals surface area contributed by atoms with Crippen LogP contribution in [0.2, 0.25) is 0 Å². The van der Waals surface area contributed by atoms with Gasteiger partial charge in [0.1, 0.15) is 18.1 Å². The third kappa shape index (κ3) is 9.77. The number of carbonyl (C=O) groups is 5. The number of rotatable bonds is 16. The molecule has 1 heterocycles. The third-order valence-electron chi connectivity index (χ3n) is 5.87. The van der Waals surface area contributed by atoms with Gasteiger partial charge in [-0.1, -0.05) is 18.2 Å². The van der Waals surface area contributed by atoms with Gasteiger partial charge in [0.05, 0.1) is 12.5 Å². The second-order valence-electron chi connectivity index (χ2n) is 8.99. The van der Waals surface area contributed by atoms with Crippen molar-refractivity contribution in [1.82, 2.24) is 20.9 Å². The Morgan fingerprint density at radius 3 is 2.20 bits per heavy atom. The number of aromatic amines is 1. The number of amides is 4. The summed E-state index contributed by atoms with van der Waals surface area (Å²) in [6.45, 7) is 0.158. The molecule has 1 aromatic heterocycles. The standard InChI is InChI=1S/C24H35N9O6S/c25-14(8-12-10-30-15-5-2-1-4-13(12)15)20(35)32-17(9-19(26)34)21(36)33-18(11-40)22(37)31-16(23(38)39)6-3-7-29-24(27)28/h1-2,4-5,10,14,16-18,30,40H,3,6-9,11,25H2,(H2,26,34)(H,31,37)(H,32,35)(H,33,36)(H,38,39)(H4,27,28,29). The van der Waals surface area contributed by atoms with E-state index in [0.717, 1.165) is 16.5 Å². The topological polar surface area (TPSA) is 274 Å². The van der Waals surface area contributed by atoms with Crippen molar-refractivity contribution in [3.63, 3.8) is 0 Å². The number of primary amides is 1. The Labute approximate surface area is 235 Å². The molecule has 4 amide bonds. The Morgan fingerprint density at radius 1 is 0.950 bits per heavy atom. The number of carboxylic acids is 1. The van der Waals surface area contributed by atoms with E-state index in [1.54, 1.807) is 6.20 Å². The van der Waals surface area contributed by atoms with Gasteiger partial charge in [-0.05, 0) is 30.9 Å². The minimum atomic E-state index is -1.44. The number of aromatic nitrogens is 1. The predicted octanol–water partition coefficient (Wildman–Crippen LogP) is -2.56. The van der Waals surface area contributed by atoms with Gasteiger partial charge in [-0.25, -0.2) is 4.79 Å². The van der Waals surface area contributed by atoms with Crippen molar-refractivity contribution in [1.29, 1.82) is 0 Å². The van der Waals surface area contributed by atoms with Crippen LogP contribution in [0.25, 0.3) is 10.9 Å². The second kappa shape index (κ2) is 15.3. The molecule has 2 aromatic rings. The molecule has 4 unspecified atom stereocenters. The molecule has 0 bridgehead atoms. The number of carboxylic acid groups (broad SMARTS) is 1. The molecule has 0 saturated heterocycles. The molecular formula is C24H35N9O6S. The molecule has 0 aliphatic carbocycles. The number of aliphatic carboxylic acids is 1. The monoisotopic (exact) mass is 577 g/mol. The summed E-state index contributed by atoms with van der Waals surface area (Å²) in [6, 6.07) is 2.36. The van der Waals surface area contributed by atoms with E-state index in [4.69, 9.17) is 22.9 Å². The average molecular weight is 578 g/mol. The van der Waals surface area contributed by atoms with Crippen molar-refractivity contribution in [3.05, 3.63) is 36.0 Å². The first-order valence-electron chi connectivity index (χ1n) is 12.3. The number of nitrogens with zero attached hydrogens (tertiary/aromatic N) is 1. The maximum atomic E-state index is 12.9. The normalized spacial score (nSPS) is 13.8. The molecular weight excluding hydrogens is 542 g/mol. The largest absolute Gasteiger partial charge is 0.480 e. The Balaban J connectivity index is 2.03. The number of para-hydroxylation sites is 1. The van der Waals surface area contributed by atoms with Gasteiger partial charge in [0.2, 0.25) is 23.6 Å². The first-order chi connectivity index (χ1) is 18.9. The fraction of sp³-hybridized carbons (Fsp3) is 0.417. The fourth-order valence-electron chi connectivity index (χ4n) is 3.82. The molecule has 0 spiro atoms. The summed E-state index contributed by atoms with van der Waals surface area (Å²) in [7, 11) is 0. The number of carbonyl (C=O) groups excluding carboxylic acids is 4. The highest BCUT2D eigenvalue weighted by atomic mass is 32.1. The van der Waals surface area contributed by atoms with E-state index in [-0.39, 0.29) is 37.5 Å². The molecule has 13 N–H and O–H groups in total. The highest BCUT2D eigenvalue weighted by molar-refractivity contribution is 7.80. The number of thiol groups is 1. The average Bonchev–Trinajstić information content (AvgIpc) is 3.30. The third-order valence-corrected chi connectivity index (χ3v) is 6.23. The second-order valence-corrected chi connectivity index (χ2v) is 9.36. The maximum Gasteiger partial charge on any atom is 0.326 e. The van der Waals surface area contributed by atoms with Crippen LogP contribution in [-0.2, 0) is 30.4 Å². The Bertz CT molecular complexity index is 1250. The Kier molecular flexibility index (Phi) is 12.2. The van der Waals surface area contributed by atoms with Crippen molar-refractivity contribution < 1.29 is 29.1 Å². The number of guanidine groups is 1. The van der Waals surface area contributed by atoms with Gasteiger partial charge >= 0.3 is 5.97 Å². The van der Waals surface area contributed by atoms with Crippen molar-refractivity contribution in [2.75, 3.05) is 12.3 Å². The van der Waals surface area contributed by atoms with E-state index in [1.165, 1.54) is 0 Å². The van der Waals surface area contributed by atoms with Gasteiger partial charge in [0, 0.05) is 29.4 Å². The van der Waals surface area contributed by atoms with E-state index >= 15 is 0 Å². The molecule has 2 rings (SSSR count). The minimum Gasteiger partial charge on any atom is -0.480 e. The number of aliphatic imine (C=N–C) groups is 1. The summed E-state index contributed by atoms with van der Waals surface area (Å²) in [5.74, 6) is -5.00. The molecule has 1 aromatic carbocycles. The number of fused-ring (bicyclic) bond motifs is 1. The van der Waals surface area contributed by atoms with E-state index < -0.39 is 60.2 Å². The van der Waals surface area contributed by atoms with E-state index in [9.17, 15) is 29.1 Å². The zero-order valence-electron chi connectivity index (χ0n) is 21.6. The number of hydrogen-bond donors (Lipinski definition) is 10. The van der Waals surface area contributed by atoms with Crippen molar-refractivity contribution in [2.45, 2.75) is 49.9 Å². The number of nitrogens with two attached hydrogens (primary N) is 4. The van der Waals surface area contributed by atoms with Gasteiger partial charge < -0.3 is 49.0 Å². The van der Waals surface area contributed by atoms with Crippen molar-refractivity contribution in [3.8, 4) is 0 Å². The van der Waals surface area contributed by atoms with Gasteiger partial charge in [-0.2, -0.15) is 12.6 Å². The molecule has 4 atom stereocenters. The lowest BCUT2D eigenvalue weighted by molar-refractivity contribution is -0.142. The molecule has 16 heteroatoms. The van der Waals surface area contributed by atoms with Crippen LogP contribution in [-0.4, -0.2) is 82.1 Å². The summed E-state index contributed by atoms with van der Waals surface area (Å²) >= 11 is 4.06. The molecule has 0 aliphatic rings. The number of H-pyrrole nitrogens is 1. The molecule has 218 valence electrons. The summed E-state index contributed by atoms with van der Waals surface area (Å²) < 4.78 is 0. The Hall–Kier alpha value is -4.31. The van der Waals surface area contributed by atoms with Gasteiger partial charge in [-0.3, -0.25) is 24.2 Å². The summed E-state index contributed by atoms with van der Waals surface area (Å²) in [5.41, 5.74) is 23.5. The smallest absolute Gasteiger partial charge is 0.326 e. The fourth-order valence-corrected chi connectivity index (χ4v) is 4.08. The lowest BCUT2D eigenvalue weighted by Gasteiger charge is -2.24. The molecule has 15 nitrogen and oxygen atoms in total. The molecule has 40 heavy (non-hydrogen) atoms. The van der Waals surface area contributed by atoms with Crippen molar-refractivity contribution >= 4 is 59.1 Å². The van der Waals surface area contributed by atoms with Crippen LogP contribution in [0.1, 0.15) is 24.8 Å². The van der Waals surface area contributed by atoms with Gasteiger partial charge in [-0.15, -0.1) is 0 Å². The van der Waals surface area contributed by atoms with Gasteiger partial charge in [0.15, 0.2) is 5.96 Å². The first-order valence-corrected chi connectivity index (χ1v) is 12.9. The molecule has 0 aliphatic heterocycles. The van der Waals surface area contributed by atoms with Crippen LogP contribution in [0.3, 0.4) is 0 Å². The number of nitrogens with one attached hydrogen (secondary N) is 4. The zero-order chi connectivity index (χ0) is 29.8. The highest BCUT2D eigenvalue weighted by Gasteiger charge is 2.30. The number of benzene rings is 1. The van der Waals surface area contributed by atoms with Crippen molar-refractivity contribution in [2.24, 2.45) is 27.9 Å². The lowest BCUT2D eigenvalue weighted by atomic mass is 10.0. The summed E-state index contributed by atoms with van der Waals surface area (Å²) in [4.78, 5) is 68.5. The summed E-state index contributed by atoms with van der Waals surface area (Å²) in [6.07, 6.45) is 1.58. The first kappa shape index (κ1) is 31.9. The van der Waals surface area contributed by atoms with E-state index in [2.05, 4.69) is 38.6 Å². The molecule has 0 radical (unpaired) electrons. The van der Waals surface area contributed by atoms with E-state index in [0.29, 0.717) is 0 Å². The highest BCUT2D eigenvalue weighted by Crippen LogP contribution is 2.18. The van der Waals surface area contributed by atoms with Crippen LogP contribution in [0.4, 0.5) is 0 Å². The summed E-state index contributed by atoms with van der Waals surface area (Å²) in [5, 5.41) is 17.4. The maximum absolute atomic E-state index is 12.9. The van der Waals surface area contributed by atoms with Crippen LogP contribution < -0.4 is 38.9 Å².